The number of halogens is 1. The Bertz CT molecular complexity index is 692. The summed E-state index contributed by atoms with van der Waals surface area (Å²) >= 11 is 6.12. The molecule has 2 aromatic carbocycles. The molecule has 0 bridgehead atoms. The highest BCUT2D eigenvalue weighted by atomic mass is 35.5. The number of anilines is 2. The topological polar surface area (TPSA) is 53.6 Å². The standard InChI is InChI=1S/C18H22ClN3O2/c1-12-9-16(10-13(2)17(12)19)24-11-20-18(23)21-14-5-7-15(8-6-14)22(3)4/h5-10H,11H2,1-4H3,(H2,20,21,23). The summed E-state index contributed by atoms with van der Waals surface area (Å²) in [5.74, 6) is 0.671. The zero-order valence-corrected chi connectivity index (χ0v) is 15.1. The second kappa shape index (κ2) is 7.93. The molecule has 6 heteroatoms. The molecule has 2 aromatic rings. The number of ether oxygens (including phenoxy) is 1. The van der Waals surface area contributed by atoms with Crippen LogP contribution in [-0.2, 0) is 0 Å². The molecule has 0 aliphatic carbocycles. The van der Waals surface area contributed by atoms with Crippen molar-refractivity contribution in [3.63, 3.8) is 0 Å². The van der Waals surface area contributed by atoms with E-state index in [1.807, 2.05) is 69.2 Å². The maximum Gasteiger partial charge on any atom is 0.321 e. The number of carbonyl (C=O) groups is 1. The van der Waals surface area contributed by atoms with Crippen molar-refractivity contribution in [3.8, 4) is 5.75 Å². The summed E-state index contributed by atoms with van der Waals surface area (Å²) in [6.45, 7) is 3.90. The summed E-state index contributed by atoms with van der Waals surface area (Å²) < 4.78 is 5.54. The van der Waals surface area contributed by atoms with E-state index in [9.17, 15) is 4.79 Å². The lowest BCUT2D eigenvalue weighted by Crippen LogP contribution is -2.32. The highest BCUT2D eigenvalue weighted by Gasteiger charge is 2.05. The van der Waals surface area contributed by atoms with Gasteiger partial charge < -0.3 is 20.3 Å². The van der Waals surface area contributed by atoms with Crippen LogP contribution >= 0.6 is 11.6 Å². The molecule has 2 amide bonds. The number of rotatable bonds is 5. The normalized spacial score (nSPS) is 10.2. The smallest absolute Gasteiger partial charge is 0.321 e. The summed E-state index contributed by atoms with van der Waals surface area (Å²) in [5.41, 5.74) is 3.67. The highest BCUT2D eigenvalue weighted by molar-refractivity contribution is 6.32. The number of amides is 2. The molecule has 0 heterocycles. The Hall–Kier alpha value is -2.40. The first-order chi connectivity index (χ1) is 11.4. The monoisotopic (exact) mass is 347 g/mol. The summed E-state index contributed by atoms with van der Waals surface area (Å²) in [4.78, 5) is 13.9. The average molecular weight is 348 g/mol. The minimum Gasteiger partial charge on any atom is -0.473 e. The van der Waals surface area contributed by atoms with Crippen LogP contribution in [-0.4, -0.2) is 26.9 Å². The van der Waals surface area contributed by atoms with Crippen LogP contribution in [0.15, 0.2) is 36.4 Å². The molecule has 128 valence electrons. The molecule has 0 aromatic heterocycles. The van der Waals surface area contributed by atoms with Crippen molar-refractivity contribution in [2.24, 2.45) is 0 Å². The molecular formula is C18H22ClN3O2. The fourth-order valence-corrected chi connectivity index (χ4v) is 2.30. The van der Waals surface area contributed by atoms with E-state index in [4.69, 9.17) is 16.3 Å². The van der Waals surface area contributed by atoms with Crippen LogP contribution in [0, 0.1) is 13.8 Å². The third-order valence-electron chi connectivity index (χ3n) is 3.52. The molecule has 0 atom stereocenters. The Kier molecular flexibility index (Phi) is 5.93. The zero-order chi connectivity index (χ0) is 17.7. The average Bonchev–Trinajstić information content (AvgIpc) is 2.53. The predicted molar refractivity (Wildman–Crippen MR) is 99.3 cm³/mol. The summed E-state index contributed by atoms with van der Waals surface area (Å²) in [6, 6.07) is 10.9. The third kappa shape index (κ3) is 4.80. The first kappa shape index (κ1) is 17.9. The molecule has 0 radical (unpaired) electrons. The number of benzene rings is 2. The van der Waals surface area contributed by atoms with Crippen molar-refractivity contribution in [1.29, 1.82) is 0 Å². The number of hydrogen-bond acceptors (Lipinski definition) is 3. The van der Waals surface area contributed by atoms with Crippen molar-refractivity contribution in [3.05, 3.63) is 52.5 Å². The second-order valence-electron chi connectivity index (χ2n) is 5.73. The van der Waals surface area contributed by atoms with Crippen LogP contribution in [0.3, 0.4) is 0 Å². The van der Waals surface area contributed by atoms with Gasteiger partial charge in [-0.3, -0.25) is 0 Å². The summed E-state index contributed by atoms with van der Waals surface area (Å²) in [7, 11) is 3.93. The van der Waals surface area contributed by atoms with Gasteiger partial charge in [0, 0.05) is 30.5 Å². The second-order valence-corrected chi connectivity index (χ2v) is 6.11. The quantitative estimate of drug-likeness (QED) is 0.798. The van der Waals surface area contributed by atoms with E-state index in [1.54, 1.807) is 0 Å². The molecule has 0 spiro atoms. The van der Waals surface area contributed by atoms with E-state index in [2.05, 4.69) is 10.6 Å². The van der Waals surface area contributed by atoms with Gasteiger partial charge in [0.25, 0.3) is 0 Å². The van der Waals surface area contributed by atoms with Crippen LogP contribution in [0.2, 0.25) is 5.02 Å². The molecule has 0 aliphatic rings. The van der Waals surface area contributed by atoms with Crippen LogP contribution < -0.4 is 20.3 Å². The highest BCUT2D eigenvalue weighted by Crippen LogP contribution is 2.25. The van der Waals surface area contributed by atoms with E-state index in [0.29, 0.717) is 5.75 Å². The lowest BCUT2D eigenvalue weighted by atomic mass is 10.1. The molecule has 0 saturated carbocycles. The molecule has 2 N–H and O–H groups in total. The molecule has 0 fully saturated rings. The molecule has 5 nitrogen and oxygen atoms in total. The fraction of sp³-hybridized carbons (Fsp3) is 0.278. The number of nitrogens with zero attached hydrogens (tertiary/aromatic N) is 1. The van der Waals surface area contributed by atoms with E-state index in [0.717, 1.165) is 27.5 Å². The number of hydrogen-bond donors (Lipinski definition) is 2. The predicted octanol–water partition coefficient (Wildman–Crippen LogP) is 4.18. The Morgan fingerprint density at radius 3 is 2.25 bits per heavy atom. The van der Waals surface area contributed by atoms with E-state index in [1.165, 1.54) is 0 Å². The summed E-state index contributed by atoms with van der Waals surface area (Å²) in [6.07, 6.45) is 0. The molecule has 0 unspecified atom stereocenters. The van der Waals surface area contributed by atoms with Gasteiger partial charge in [0.2, 0.25) is 0 Å². The Labute approximate surface area is 147 Å². The molecular weight excluding hydrogens is 326 g/mol. The zero-order valence-electron chi connectivity index (χ0n) is 14.3. The van der Waals surface area contributed by atoms with Crippen molar-refractivity contribution in [2.75, 3.05) is 31.0 Å². The van der Waals surface area contributed by atoms with Crippen LogP contribution in [0.5, 0.6) is 5.75 Å². The molecule has 0 aliphatic heterocycles. The first-order valence-electron chi connectivity index (χ1n) is 7.58. The minimum atomic E-state index is -0.324. The van der Waals surface area contributed by atoms with Crippen LogP contribution in [0.4, 0.5) is 16.2 Å². The van der Waals surface area contributed by atoms with Gasteiger partial charge in [-0.25, -0.2) is 4.79 Å². The first-order valence-corrected chi connectivity index (χ1v) is 7.96. The van der Waals surface area contributed by atoms with E-state index < -0.39 is 0 Å². The largest absolute Gasteiger partial charge is 0.473 e. The fourth-order valence-electron chi connectivity index (χ4n) is 2.19. The maximum absolute atomic E-state index is 11.9. The van der Waals surface area contributed by atoms with Crippen molar-refractivity contribution in [2.45, 2.75) is 13.8 Å². The van der Waals surface area contributed by atoms with Crippen molar-refractivity contribution >= 4 is 29.0 Å². The molecule has 24 heavy (non-hydrogen) atoms. The van der Waals surface area contributed by atoms with E-state index >= 15 is 0 Å². The minimum absolute atomic E-state index is 0.0716. The third-order valence-corrected chi connectivity index (χ3v) is 4.12. The lowest BCUT2D eigenvalue weighted by molar-refractivity contribution is 0.234. The number of carbonyl (C=O) groups excluding carboxylic acids is 1. The SMILES string of the molecule is Cc1cc(OCNC(=O)Nc2ccc(N(C)C)cc2)cc(C)c1Cl. The lowest BCUT2D eigenvalue weighted by Gasteiger charge is -2.14. The van der Waals surface area contributed by atoms with Crippen molar-refractivity contribution < 1.29 is 9.53 Å². The Morgan fingerprint density at radius 2 is 1.71 bits per heavy atom. The Morgan fingerprint density at radius 1 is 1.12 bits per heavy atom. The number of urea groups is 1. The van der Waals surface area contributed by atoms with Crippen molar-refractivity contribution in [1.82, 2.24) is 5.32 Å². The molecule has 2 rings (SSSR count). The van der Waals surface area contributed by atoms with Gasteiger partial charge in [0.05, 0.1) is 0 Å². The van der Waals surface area contributed by atoms with Gasteiger partial charge in [0.15, 0.2) is 6.73 Å². The van der Waals surface area contributed by atoms with Gasteiger partial charge >= 0.3 is 6.03 Å². The number of nitrogens with one attached hydrogen (secondary N) is 2. The van der Waals surface area contributed by atoms with Gasteiger partial charge in [-0.1, -0.05) is 11.6 Å². The van der Waals surface area contributed by atoms with Crippen LogP contribution in [0.25, 0.3) is 0 Å². The van der Waals surface area contributed by atoms with Crippen LogP contribution in [0.1, 0.15) is 11.1 Å². The maximum atomic E-state index is 11.9. The number of aryl methyl sites for hydroxylation is 2. The van der Waals surface area contributed by atoms with Gasteiger partial charge in [-0.15, -0.1) is 0 Å². The molecule has 0 saturated heterocycles. The van der Waals surface area contributed by atoms with Gasteiger partial charge in [-0.05, 0) is 61.4 Å². The van der Waals surface area contributed by atoms with E-state index in [-0.39, 0.29) is 12.8 Å². The van der Waals surface area contributed by atoms with Gasteiger partial charge in [0.1, 0.15) is 5.75 Å². The Balaban J connectivity index is 1.83. The summed E-state index contributed by atoms with van der Waals surface area (Å²) in [5, 5.41) is 6.14. The van der Waals surface area contributed by atoms with Gasteiger partial charge in [-0.2, -0.15) is 0 Å².